The number of rotatable bonds is 8. The van der Waals surface area contributed by atoms with E-state index in [1.165, 1.54) is 43.5 Å². The van der Waals surface area contributed by atoms with E-state index in [2.05, 4.69) is 15.7 Å². The maximum Gasteiger partial charge on any atom is 0.246 e. The fourth-order valence-corrected chi connectivity index (χ4v) is 5.20. The van der Waals surface area contributed by atoms with Crippen molar-refractivity contribution >= 4 is 50.4 Å². The van der Waals surface area contributed by atoms with E-state index in [4.69, 9.17) is 22.1 Å². The average molecular weight is 544 g/mol. The Morgan fingerprint density at radius 3 is 2.54 bits per heavy atom. The summed E-state index contributed by atoms with van der Waals surface area (Å²) < 4.78 is 47.2. The molecule has 1 heterocycles. The number of nitrogens with one attached hydrogen (secondary N) is 2. The van der Waals surface area contributed by atoms with E-state index in [-0.39, 0.29) is 27.1 Å². The molecule has 1 aromatic heterocycles. The van der Waals surface area contributed by atoms with E-state index in [0.717, 1.165) is 10.2 Å². The van der Waals surface area contributed by atoms with Gasteiger partial charge in [0.2, 0.25) is 15.7 Å². The average Bonchev–Trinajstić information content (AvgIpc) is 3.14. The molecule has 0 atom stereocenters. The van der Waals surface area contributed by atoms with Gasteiger partial charge in [-0.15, -0.1) is 0 Å². The van der Waals surface area contributed by atoms with Gasteiger partial charge in [-0.05, 0) is 55.5 Å². The van der Waals surface area contributed by atoms with Crippen molar-refractivity contribution in [2.45, 2.75) is 23.3 Å². The van der Waals surface area contributed by atoms with Gasteiger partial charge in [0.25, 0.3) is 0 Å². The number of nitrogens with two attached hydrogens (primary N) is 1. The summed E-state index contributed by atoms with van der Waals surface area (Å²) in [5.74, 6) is -1.15. The summed E-state index contributed by atoms with van der Waals surface area (Å²) in [7, 11) is -2.73. The van der Waals surface area contributed by atoms with Crippen LogP contribution in [0.2, 0.25) is 5.02 Å². The second-order valence-electron chi connectivity index (χ2n) is 8.07. The molecule has 1 amide bonds. The number of methoxy groups -OCH3 is 1. The minimum Gasteiger partial charge on any atom is -0.495 e. The molecular formula is C25H23ClFN5O4S. The van der Waals surface area contributed by atoms with Gasteiger partial charge in [0, 0.05) is 10.7 Å². The van der Waals surface area contributed by atoms with Crippen molar-refractivity contribution in [2.75, 3.05) is 23.5 Å². The smallest absolute Gasteiger partial charge is 0.246 e. The van der Waals surface area contributed by atoms with Crippen molar-refractivity contribution in [2.24, 2.45) is 0 Å². The molecule has 4 aromatic rings. The van der Waals surface area contributed by atoms with E-state index < -0.39 is 28.1 Å². The highest BCUT2D eigenvalue weighted by atomic mass is 35.5. The zero-order chi connectivity index (χ0) is 26.7. The van der Waals surface area contributed by atoms with Crippen molar-refractivity contribution in [1.29, 1.82) is 0 Å². The predicted octanol–water partition coefficient (Wildman–Crippen LogP) is 4.79. The first-order valence-corrected chi connectivity index (χ1v) is 12.8. The molecule has 0 bridgehead atoms. The van der Waals surface area contributed by atoms with Gasteiger partial charge in [-0.3, -0.25) is 4.79 Å². The Kier molecular flexibility index (Phi) is 7.37. The summed E-state index contributed by atoms with van der Waals surface area (Å²) in [6, 6.07) is 16.3. The molecule has 12 heteroatoms. The minimum atomic E-state index is -4.17. The Morgan fingerprint density at radius 2 is 1.86 bits per heavy atom. The molecule has 0 unspecified atom stereocenters. The Morgan fingerprint density at radius 1 is 1.14 bits per heavy atom. The van der Waals surface area contributed by atoms with Gasteiger partial charge >= 0.3 is 0 Å². The highest BCUT2D eigenvalue weighted by Crippen LogP contribution is 2.35. The van der Waals surface area contributed by atoms with Gasteiger partial charge in [0.05, 0.1) is 17.7 Å². The Bertz CT molecular complexity index is 1570. The largest absolute Gasteiger partial charge is 0.495 e. The van der Waals surface area contributed by atoms with Gasteiger partial charge in [-0.1, -0.05) is 35.4 Å². The van der Waals surface area contributed by atoms with Crippen molar-refractivity contribution in [3.8, 4) is 5.75 Å². The summed E-state index contributed by atoms with van der Waals surface area (Å²) in [4.78, 5) is 12.5. The lowest BCUT2D eigenvalue weighted by atomic mass is 10.2. The van der Waals surface area contributed by atoms with Gasteiger partial charge in [-0.2, -0.15) is 5.10 Å². The number of aryl methyl sites for hydroxylation is 1. The summed E-state index contributed by atoms with van der Waals surface area (Å²) in [6.45, 7) is 1.40. The van der Waals surface area contributed by atoms with Crippen LogP contribution in [0.3, 0.4) is 0 Å². The number of amides is 1. The lowest BCUT2D eigenvalue weighted by Crippen LogP contribution is -2.21. The van der Waals surface area contributed by atoms with Gasteiger partial charge in [0.1, 0.15) is 23.9 Å². The zero-order valence-electron chi connectivity index (χ0n) is 19.8. The Hall–Kier alpha value is -4.09. The highest BCUT2D eigenvalue weighted by molar-refractivity contribution is 7.91. The second-order valence-corrected chi connectivity index (χ2v) is 10.4. The summed E-state index contributed by atoms with van der Waals surface area (Å²) >= 11 is 6.03. The molecule has 4 N–H and O–H groups in total. The maximum absolute atomic E-state index is 13.8. The first-order valence-electron chi connectivity index (χ1n) is 10.9. The normalized spacial score (nSPS) is 11.2. The third kappa shape index (κ3) is 5.68. The summed E-state index contributed by atoms with van der Waals surface area (Å²) in [6.07, 6.45) is 0. The maximum atomic E-state index is 13.8. The van der Waals surface area contributed by atoms with Crippen LogP contribution < -0.4 is 21.1 Å². The zero-order valence-corrected chi connectivity index (χ0v) is 21.4. The van der Waals surface area contributed by atoms with Gasteiger partial charge in [-0.25, -0.2) is 17.5 Å². The van der Waals surface area contributed by atoms with Crippen LogP contribution in [0.1, 0.15) is 5.56 Å². The molecule has 192 valence electrons. The van der Waals surface area contributed by atoms with Crippen LogP contribution in [-0.4, -0.2) is 31.2 Å². The second kappa shape index (κ2) is 10.5. The number of ether oxygens (including phenoxy) is 1. The molecule has 37 heavy (non-hydrogen) atoms. The van der Waals surface area contributed by atoms with Crippen LogP contribution in [0, 0.1) is 12.7 Å². The molecule has 0 aliphatic heterocycles. The number of nitrogens with zero attached hydrogens (tertiary/aromatic N) is 2. The van der Waals surface area contributed by atoms with Crippen LogP contribution >= 0.6 is 11.6 Å². The number of anilines is 4. The number of halogens is 2. The molecule has 0 radical (unpaired) electrons. The molecule has 0 fully saturated rings. The van der Waals surface area contributed by atoms with E-state index >= 15 is 0 Å². The Balaban J connectivity index is 1.73. The molecule has 0 saturated heterocycles. The number of sulfone groups is 1. The lowest BCUT2D eigenvalue weighted by Gasteiger charge is -2.11. The third-order valence-corrected chi connectivity index (χ3v) is 7.43. The molecule has 9 nitrogen and oxygen atoms in total. The molecule has 0 saturated carbocycles. The van der Waals surface area contributed by atoms with Crippen molar-refractivity contribution in [3.05, 3.63) is 83.1 Å². The summed E-state index contributed by atoms with van der Waals surface area (Å²) in [5, 5.41) is 10.1. The number of nitrogen functional groups attached to an aromatic ring is 1. The summed E-state index contributed by atoms with van der Waals surface area (Å²) in [5.41, 5.74) is 7.68. The Labute approximate surface area is 217 Å². The number of hydrogen-bond donors (Lipinski definition) is 3. The number of carbonyl (C=O) groups excluding carboxylic acids is 1. The van der Waals surface area contributed by atoms with Crippen molar-refractivity contribution < 1.29 is 22.3 Å². The van der Waals surface area contributed by atoms with Crippen LogP contribution in [-0.2, 0) is 21.2 Å². The number of benzene rings is 3. The first-order chi connectivity index (χ1) is 17.6. The van der Waals surface area contributed by atoms with Gasteiger partial charge < -0.3 is 21.1 Å². The molecule has 0 aliphatic rings. The molecule has 0 spiro atoms. The predicted molar refractivity (Wildman–Crippen MR) is 140 cm³/mol. The first kappa shape index (κ1) is 26.0. The lowest BCUT2D eigenvalue weighted by molar-refractivity contribution is -0.116. The van der Waals surface area contributed by atoms with Crippen LogP contribution in [0.15, 0.2) is 76.5 Å². The third-order valence-electron chi connectivity index (χ3n) is 5.36. The molecule has 4 rings (SSSR count). The van der Waals surface area contributed by atoms with Crippen LogP contribution in [0.4, 0.5) is 27.4 Å². The van der Waals surface area contributed by atoms with Crippen molar-refractivity contribution in [3.63, 3.8) is 0 Å². The quantitative estimate of drug-likeness (QED) is 0.291. The van der Waals surface area contributed by atoms with E-state index in [0.29, 0.717) is 16.5 Å². The number of aromatic nitrogens is 2. The van der Waals surface area contributed by atoms with Gasteiger partial charge in [0.15, 0.2) is 10.7 Å². The fourth-order valence-electron chi connectivity index (χ4n) is 3.57. The van der Waals surface area contributed by atoms with Crippen molar-refractivity contribution in [1.82, 2.24) is 9.78 Å². The molecule has 0 aliphatic carbocycles. The van der Waals surface area contributed by atoms with E-state index in [9.17, 15) is 17.6 Å². The SMILES string of the molecule is COc1ccc(Cl)cc1NC(=O)Cn1nc(Nc2cccc(F)c2)c(S(=O)(=O)c2ccc(C)cc2)c1N. The fraction of sp³-hybridized carbons (Fsp3) is 0.120. The molecule has 3 aromatic carbocycles. The minimum absolute atomic E-state index is 0.0141. The topological polar surface area (TPSA) is 128 Å². The van der Waals surface area contributed by atoms with Crippen LogP contribution in [0.5, 0.6) is 5.75 Å². The van der Waals surface area contributed by atoms with E-state index in [1.54, 1.807) is 30.3 Å². The number of carbonyl (C=O) groups is 1. The number of hydrogen-bond acceptors (Lipinski definition) is 7. The van der Waals surface area contributed by atoms with Crippen LogP contribution in [0.25, 0.3) is 0 Å². The monoisotopic (exact) mass is 543 g/mol. The standard InChI is InChI=1S/C25H23ClFN5O4S/c1-15-6-9-19(10-7-15)37(34,35)23-24(28)32(31-25(23)29-18-5-3-4-17(27)13-18)14-22(33)30-20-12-16(26)8-11-21(20)36-2/h3-13H,14,28H2,1-2H3,(H,29,31)(H,30,33). The van der Waals surface area contributed by atoms with E-state index in [1.807, 2.05) is 6.92 Å². The molecular weight excluding hydrogens is 521 g/mol. The highest BCUT2D eigenvalue weighted by Gasteiger charge is 2.30.